The summed E-state index contributed by atoms with van der Waals surface area (Å²) in [7, 11) is -3.56. The first-order valence-electron chi connectivity index (χ1n) is 8.36. The molecular weight excluding hydrogens is 378 g/mol. The second-order valence-electron chi connectivity index (χ2n) is 6.04. The second-order valence-corrected chi connectivity index (χ2v) is 8.86. The number of sulfonamides is 1. The molecule has 0 bridgehead atoms. The van der Waals surface area contributed by atoms with Gasteiger partial charge in [0.05, 0.1) is 4.88 Å². The fourth-order valence-corrected chi connectivity index (χ4v) is 4.18. The van der Waals surface area contributed by atoms with Crippen LogP contribution in [-0.2, 0) is 16.6 Å². The summed E-state index contributed by atoms with van der Waals surface area (Å²) < 4.78 is 26.8. The van der Waals surface area contributed by atoms with E-state index in [1.165, 1.54) is 11.3 Å². The van der Waals surface area contributed by atoms with Crippen LogP contribution in [0.1, 0.15) is 31.2 Å². The van der Waals surface area contributed by atoms with Crippen LogP contribution in [0, 0.1) is 6.92 Å². The number of carbonyl (C=O) groups excluding carboxylic acids is 1. The van der Waals surface area contributed by atoms with Gasteiger partial charge in [-0.2, -0.15) is 0 Å². The maximum absolute atomic E-state index is 12.4. The SMILES string of the molecule is Cc1ccc(C=CS(=O)(=O)NCc2ccc(C(=O)c3ccccc3)s2)cc1. The van der Waals surface area contributed by atoms with Gasteiger partial charge < -0.3 is 0 Å². The molecule has 138 valence electrons. The van der Waals surface area contributed by atoms with Crippen molar-refractivity contribution in [1.82, 2.24) is 4.72 Å². The molecule has 0 aliphatic carbocycles. The predicted octanol–water partition coefficient (Wildman–Crippen LogP) is 4.38. The monoisotopic (exact) mass is 397 g/mol. The summed E-state index contributed by atoms with van der Waals surface area (Å²) in [6.45, 7) is 2.12. The van der Waals surface area contributed by atoms with Crippen LogP contribution in [0.25, 0.3) is 6.08 Å². The van der Waals surface area contributed by atoms with Gasteiger partial charge in [0.25, 0.3) is 0 Å². The Morgan fingerprint density at radius 1 is 1.00 bits per heavy atom. The number of hydrogen-bond donors (Lipinski definition) is 1. The van der Waals surface area contributed by atoms with Gasteiger partial charge in [-0.05, 0) is 30.7 Å². The summed E-state index contributed by atoms with van der Waals surface area (Å²) in [6.07, 6.45) is 1.56. The number of benzene rings is 2. The van der Waals surface area contributed by atoms with Crippen molar-refractivity contribution < 1.29 is 13.2 Å². The Hall–Kier alpha value is -2.54. The maximum atomic E-state index is 12.4. The van der Waals surface area contributed by atoms with Crippen LogP contribution in [0.4, 0.5) is 0 Å². The Balaban J connectivity index is 1.62. The average Bonchev–Trinajstić information content (AvgIpc) is 3.15. The third-order valence-corrected chi connectivity index (χ3v) is 6.01. The van der Waals surface area contributed by atoms with E-state index in [2.05, 4.69) is 4.72 Å². The van der Waals surface area contributed by atoms with Crippen molar-refractivity contribution in [2.24, 2.45) is 0 Å². The molecular formula is C21H19NO3S2. The van der Waals surface area contributed by atoms with Gasteiger partial charge in [-0.1, -0.05) is 60.2 Å². The first-order valence-corrected chi connectivity index (χ1v) is 10.7. The first-order chi connectivity index (χ1) is 12.9. The molecule has 0 unspecified atom stereocenters. The molecule has 0 saturated carbocycles. The second kappa shape index (κ2) is 8.43. The molecule has 6 heteroatoms. The van der Waals surface area contributed by atoms with E-state index in [-0.39, 0.29) is 12.3 Å². The smallest absolute Gasteiger partial charge is 0.234 e. The van der Waals surface area contributed by atoms with Gasteiger partial charge in [0.1, 0.15) is 0 Å². The van der Waals surface area contributed by atoms with Crippen molar-refractivity contribution in [1.29, 1.82) is 0 Å². The summed E-state index contributed by atoms with van der Waals surface area (Å²) in [5, 5.41) is 1.15. The zero-order valence-electron chi connectivity index (χ0n) is 14.8. The quantitative estimate of drug-likeness (QED) is 0.602. The number of hydrogen-bond acceptors (Lipinski definition) is 4. The molecule has 0 aliphatic rings. The first kappa shape index (κ1) is 19.2. The number of thiophene rings is 1. The van der Waals surface area contributed by atoms with E-state index in [4.69, 9.17) is 0 Å². The lowest BCUT2D eigenvalue weighted by Crippen LogP contribution is -2.19. The summed E-state index contributed by atoms with van der Waals surface area (Å²) in [5.74, 6) is -0.0611. The van der Waals surface area contributed by atoms with Gasteiger partial charge in [0.15, 0.2) is 0 Å². The minimum Gasteiger partial charge on any atom is -0.288 e. The van der Waals surface area contributed by atoms with Crippen LogP contribution < -0.4 is 4.72 Å². The van der Waals surface area contributed by atoms with Gasteiger partial charge in [-0.3, -0.25) is 4.79 Å². The zero-order chi connectivity index (χ0) is 19.3. The maximum Gasteiger partial charge on any atom is 0.234 e. The van der Waals surface area contributed by atoms with Gasteiger partial charge in [0.2, 0.25) is 15.8 Å². The Labute approximate surface area is 163 Å². The van der Waals surface area contributed by atoms with E-state index in [0.29, 0.717) is 10.4 Å². The predicted molar refractivity (Wildman–Crippen MR) is 110 cm³/mol. The van der Waals surface area contributed by atoms with Crippen molar-refractivity contribution in [2.45, 2.75) is 13.5 Å². The fourth-order valence-electron chi connectivity index (χ4n) is 2.39. The molecule has 1 heterocycles. The van der Waals surface area contributed by atoms with E-state index in [0.717, 1.165) is 21.4 Å². The number of aryl methyl sites for hydroxylation is 1. The molecule has 1 N–H and O–H groups in total. The number of ketones is 1. The minimum absolute atomic E-state index is 0.0611. The molecule has 1 aromatic heterocycles. The van der Waals surface area contributed by atoms with Crippen LogP contribution >= 0.6 is 11.3 Å². The number of rotatable bonds is 7. The summed E-state index contributed by atoms with van der Waals surface area (Å²) in [4.78, 5) is 13.8. The summed E-state index contributed by atoms with van der Waals surface area (Å²) in [6, 6.07) is 20.1. The number of nitrogens with one attached hydrogen (secondary N) is 1. The molecule has 27 heavy (non-hydrogen) atoms. The molecule has 0 radical (unpaired) electrons. The molecule has 0 atom stereocenters. The van der Waals surface area contributed by atoms with E-state index >= 15 is 0 Å². The van der Waals surface area contributed by atoms with Gasteiger partial charge in [-0.25, -0.2) is 13.1 Å². The van der Waals surface area contributed by atoms with E-state index in [1.54, 1.807) is 30.3 Å². The van der Waals surface area contributed by atoms with Crippen molar-refractivity contribution in [3.8, 4) is 0 Å². The Bertz CT molecular complexity index is 1050. The lowest BCUT2D eigenvalue weighted by molar-refractivity contribution is 0.104. The molecule has 0 saturated heterocycles. The van der Waals surface area contributed by atoms with Gasteiger partial charge >= 0.3 is 0 Å². The van der Waals surface area contributed by atoms with E-state index in [9.17, 15) is 13.2 Å². The van der Waals surface area contributed by atoms with Gasteiger partial charge in [0, 0.05) is 22.4 Å². The highest BCUT2D eigenvalue weighted by atomic mass is 32.2. The van der Waals surface area contributed by atoms with Crippen LogP contribution in [0.2, 0.25) is 0 Å². The van der Waals surface area contributed by atoms with Crippen molar-refractivity contribution >= 4 is 33.2 Å². The third-order valence-electron chi connectivity index (χ3n) is 3.89. The lowest BCUT2D eigenvalue weighted by Gasteiger charge is -2.01. The summed E-state index contributed by atoms with van der Waals surface area (Å²) >= 11 is 1.29. The standard InChI is InChI=1S/C21H19NO3S2/c1-16-7-9-17(10-8-16)13-14-27(24,25)22-15-19-11-12-20(26-19)21(23)18-5-3-2-4-6-18/h2-14,22H,15H2,1H3. The molecule has 0 amide bonds. The third kappa shape index (κ3) is 5.47. The highest BCUT2D eigenvalue weighted by Crippen LogP contribution is 2.20. The molecule has 2 aromatic carbocycles. The van der Waals surface area contributed by atoms with E-state index in [1.807, 2.05) is 49.4 Å². The Kier molecular flexibility index (Phi) is 6.01. The van der Waals surface area contributed by atoms with Crippen molar-refractivity contribution in [3.63, 3.8) is 0 Å². The Morgan fingerprint density at radius 3 is 2.41 bits per heavy atom. The number of carbonyl (C=O) groups is 1. The van der Waals surface area contributed by atoms with Crippen LogP contribution in [0.5, 0.6) is 0 Å². The average molecular weight is 398 g/mol. The van der Waals surface area contributed by atoms with Crippen molar-refractivity contribution in [2.75, 3.05) is 0 Å². The normalized spacial score (nSPS) is 11.7. The summed E-state index contributed by atoms with van der Waals surface area (Å²) in [5.41, 5.74) is 2.55. The molecule has 0 aliphatic heterocycles. The van der Waals surface area contributed by atoms with Crippen LogP contribution in [-0.4, -0.2) is 14.2 Å². The largest absolute Gasteiger partial charge is 0.288 e. The van der Waals surface area contributed by atoms with E-state index < -0.39 is 10.0 Å². The van der Waals surface area contributed by atoms with Crippen molar-refractivity contribution in [3.05, 3.63) is 98.6 Å². The molecule has 0 fully saturated rings. The molecule has 4 nitrogen and oxygen atoms in total. The van der Waals surface area contributed by atoms with Gasteiger partial charge in [-0.15, -0.1) is 11.3 Å². The highest BCUT2D eigenvalue weighted by molar-refractivity contribution is 7.92. The molecule has 3 aromatic rings. The highest BCUT2D eigenvalue weighted by Gasteiger charge is 2.12. The lowest BCUT2D eigenvalue weighted by atomic mass is 10.1. The minimum atomic E-state index is -3.56. The molecule has 3 rings (SSSR count). The Morgan fingerprint density at radius 2 is 1.70 bits per heavy atom. The fraction of sp³-hybridized carbons (Fsp3) is 0.0952. The molecule has 0 spiro atoms. The topological polar surface area (TPSA) is 63.2 Å². The van der Waals surface area contributed by atoms with Crippen LogP contribution in [0.15, 0.2) is 72.1 Å². The van der Waals surface area contributed by atoms with Crippen LogP contribution in [0.3, 0.4) is 0 Å². The zero-order valence-corrected chi connectivity index (χ0v) is 16.4.